The van der Waals surface area contributed by atoms with Crippen molar-refractivity contribution in [1.82, 2.24) is 9.88 Å². The molecule has 1 fully saturated rings. The SMILES string of the molecule is CN(Cc1cccnc1)CC1(CO)COC1. The second kappa shape index (κ2) is 4.91. The van der Waals surface area contributed by atoms with Crippen LogP contribution >= 0.6 is 0 Å². The van der Waals surface area contributed by atoms with Crippen LogP contribution in [0.5, 0.6) is 0 Å². The molecule has 2 rings (SSSR count). The van der Waals surface area contributed by atoms with Crippen LogP contribution in [0.25, 0.3) is 0 Å². The summed E-state index contributed by atoms with van der Waals surface area (Å²) in [6, 6.07) is 4.00. The predicted molar refractivity (Wildman–Crippen MR) is 60.9 cm³/mol. The Morgan fingerprint density at radius 3 is 2.88 bits per heavy atom. The van der Waals surface area contributed by atoms with Crippen molar-refractivity contribution in [1.29, 1.82) is 0 Å². The zero-order valence-corrected chi connectivity index (χ0v) is 9.59. The molecule has 1 N–H and O–H groups in total. The minimum Gasteiger partial charge on any atom is -0.396 e. The number of pyridine rings is 1. The number of aliphatic hydroxyl groups is 1. The summed E-state index contributed by atoms with van der Waals surface area (Å²) in [5.74, 6) is 0. The molecule has 1 aliphatic rings. The van der Waals surface area contributed by atoms with Crippen molar-refractivity contribution in [2.75, 3.05) is 33.4 Å². The quantitative estimate of drug-likeness (QED) is 0.789. The largest absolute Gasteiger partial charge is 0.396 e. The van der Waals surface area contributed by atoms with Crippen molar-refractivity contribution < 1.29 is 9.84 Å². The molecular formula is C12H18N2O2. The smallest absolute Gasteiger partial charge is 0.0579 e. The van der Waals surface area contributed by atoms with Gasteiger partial charge in [0.15, 0.2) is 0 Å². The molecule has 0 spiro atoms. The van der Waals surface area contributed by atoms with Crippen molar-refractivity contribution in [2.24, 2.45) is 5.41 Å². The van der Waals surface area contributed by atoms with Gasteiger partial charge in [-0.05, 0) is 18.7 Å². The van der Waals surface area contributed by atoms with Gasteiger partial charge >= 0.3 is 0 Å². The van der Waals surface area contributed by atoms with Gasteiger partial charge < -0.3 is 14.7 Å². The standard InChI is InChI=1S/C12H18N2O2/c1-14(6-11-3-2-4-13-5-11)7-12(8-15)9-16-10-12/h2-5,15H,6-10H2,1H3. The fourth-order valence-corrected chi connectivity index (χ4v) is 2.06. The maximum absolute atomic E-state index is 9.33. The van der Waals surface area contributed by atoms with Gasteiger partial charge in [0.1, 0.15) is 0 Å². The predicted octanol–water partition coefficient (Wildman–Crippen LogP) is 0.522. The molecule has 1 aromatic heterocycles. The third-order valence-corrected chi connectivity index (χ3v) is 2.93. The number of rotatable bonds is 5. The molecule has 2 heterocycles. The van der Waals surface area contributed by atoms with Crippen molar-refractivity contribution in [3.63, 3.8) is 0 Å². The third-order valence-electron chi connectivity index (χ3n) is 2.93. The fourth-order valence-electron chi connectivity index (χ4n) is 2.06. The third kappa shape index (κ3) is 2.58. The highest BCUT2D eigenvalue weighted by Gasteiger charge is 2.38. The molecule has 0 saturated carbocycles. The van der Waals surface area contributed by atoms with Gasteiger partial charge in [0.05, 0.1) is 25.2 Å². The number of ether oxygens (including phenoxy) is 1. The zero-order chi connectivity index (χ0) is 11.4. The van der Waals surface area contributed by atoms with E-state index in [2.05, 4.69) is 23.0 Å². The Balaban J connectivity index is 1.87. The molecular weight excluding hydrogens is 204 g/mol. The maximum atomic E-state index is 9.33. The Hall–Kier alpha value is -0.970. The summed E-state index contributed by atoms with van der Waals surface area (Å²) in [5.41, 5.74) is 1.15. The van der Waals surface area contributed by atoms with Gasteiger partial charge in [0.2, 0.25) is 0 Å². The van der Waals surface area contributed by atoms with Gasteiger partial charge in [-0.1, -0.05) is 6.07 Å². The van der Waals surface area contributed by atoms with E-state index in [1.54, 1.807) is 6.20 Å². The lowest BCUT2D eigenvalue weighted by Gasteiger charge is -2.42. The Labute approximate surface area is 95.9 Å². The second-order valence-corrected chi connectivity index (χ2v) is 4.68. The minimum atomic E-state index is -0.0447. The molecule has 4 nitrogen and oxygen atoms in total. The Morgan fingerprint density at radius 2 is 2.38 bits per heavy atom. The van der Waals surface area contributed by atoms with E-state index in [1.807, 2.05) is 12.3 Å². The Morgan fingerprint density at radius 1 is 1.56 bits per heavy atom. The molecule has 1 aromatic rings. The van der Waals surface area contributed by atoms with Crippen LogP contribution in [0, 0.1) is 5.41 Å². The molecule has 16 heavy (non-hydrogen) atoms. The van der Waals surface area contributed by atoms with E-state index < -0.39 is 0 Å². The van der Waals surface area contributed by atoms with Gasteiger partial charge in [-0.25, -0.2) is 0 Å². The highest BCUT2D eigenvalue weighted by atomic mass is 16.5. The van der Waals surface area contributed by atoms with Gasteiger partial charge in [-0.2, -0.15) is 0 Å². The highest BCUT2D eigenvalue weighted by Crippen LogP contribution is 2.27. The van der Waals surface area contributed by atoms with E-state index in [0.717, 1.165) is 13.1 Å². The lowest BCUT2D eigenvalue weighted by molar-refractivity contribution is -0.147. The van der Waals surface area contributed by atoms with Crippen LogP contribution in [0.15, 0.2) is 24.5 Å². The summed E-state index contributed by atoms with van der Waals surface area (Å²) in [5, 5.41) is 9.33. The van der Waals surface area contributed by atoms with E-state index in [0.29, 0.717) is 13.2 Å². The fraction of sp³-hybridized carbons (Fsp3) is 0.583. The summed E-state index contributed by atoms with van der Waals surface area (Å²) in [4.78, 5) is 6.29. The summed E-state index contributed by atoms with van der Waals surface area (Å²) in [7, 11) is 2.06. The average molecular weight is 222 g/mol. The van der Waals surface area contributed by atoms with Gasteiger partial charge in [-0.3, -0.25) is 4.98 Å². The maximum Gasteiger partial charge on any atom is 0.0579 e. The first-order valence-corrected chi connectivity index (χ1v) is 5.50. The van der Waals surface area contributed by atoms with Crippen LogP contribution in [0.1, 0.15) is 5.56 Å². The molecule has 0 unspecified atom stereocenters. The molecule has 0 radical (unpaired) electrons. The highest BCUT2D eigenvalue weighted by molar-refractivity contribution is 5.08. The Bertz CT molecular complexity index is 320. The topological polar surface area (TPSA) is 45.6 Å². The normalized spacial score (nSPS) is 18.4. The molecule has 88 valence electrons. The molecule has 1 saturated heterocycles. The molecule has 0 aliphatic carbocycles. The summed E-state index contributed by atoms with van der Waals surface area (Å²) in [6.45, 7) is 3.25. The van der Waals surface area contributed by atoms with E-state index in [4.69, 9.17) is 4.74 Å². The minimum absolute atomic E-state index is 0.0447. The lowest BCUT2D eigenvalue weighted by atomic mass is 9.86. The van der Waals surface area contributed by atoms with Crippen LogP contribution in [-0.2, 0) is 11.3 Å². The van der Waals surface area contributed by atoms with Crippen molar-refractivity contribution in [3.8, 4) is 0 Å². The number of aromatic nitrogens is 1. The lowest BCUT2D eigenvalue weighted by Crippen LogP contribution is -2.52. The van der Waals surface area contributed by atoms with E-state index in [1.165, 1.54) is 5.56 Å². The zero-order valence-electron chi connectivity index (χ0n) is 9.59. The van der Waals surface area contributed by atoms with Crippen LogP contribution < -0.4 is 0 Å². The molecule has 4 heteroatoms. The number of aliphatic hydroxyl groups excluding tert-OH is 1. The second-order valence-electron chi connectivity index (χ2n) is 4.68. The van der Waals surface area contributed by atoms with Crippen LogP contribution in [0.3, 0.4) is 0 Å². The summed E-state index contributed by atoms with van der Waals surface area (Å²) >= 11 is 0. The van der Waals surface area contributed by atoms with Crippen LogP contribution in [0.2, 0.25) is 0 Å². The monoisotopic (exact) mass is 222 g/mol. The average Bonchev–Trinajstić information content (AvgIpc) is 2.25. The van der Waals surface area contributed by atoms with Gasteiger partial charge in [0, 0.05) is 25.5 Å². The number of hydrogen-bond acceptors (Lipinski definition) is 4. The molecule has 0 amide bonds. The van der Waals surface area contributed by atoms with Gasteiger partial charge in [0.25, 0.3) is 0 Å². The van der Waals surface area contributed by atoms with Crippen molar-refractivity contribution >= 4 is 0 Å². The van der Waals surface area contributed by atoms with Crippen LogP contribution in [0.4, 0.5) is 0 Å². The number of nitrogens with zero attached hydrogens (tertiary/aromatic N) is 2. The molecule has 0 atom stereocenters. The van der Waals surface area contributed by atoms with Gasteiger partial charge in [-0.15, -0.1) is 0 Å². The molecule has 0 aromatic carbocycles. The number of hydrogen-bond donors (Lipinski definition) is 1. The van der Waals surface area contributed by atoms with Crippen molar-refractivity contribution in [2.45, 2.75) is 6.54 Å². The Kier molecular flexibility index (Phi) is 3.53. The van der Waals surface area contributed by atoms with Crippen LogP contribution in [-0.4, -0.2) is 48.4 Å². The summed E-state index contributed by atoms with van der Waals surface area (Å²) in [6.07, 6.45) is 3.65. The van der Waals surface area contributed by atoms with E-state index in [-0.39, 0.29) is 12.0 Å². The first kappa shape index (κ1) is 11.5. The van der Waals surface area contributed by atoms with E-state index >= 15 is 0 Å². The summed E-state index contributed by atoms with van der Waals surface area (Å²) < 4.78 is 5.18. The van der Waals surface area contributed by atoms with E-state index in [9.17, 15) is 5.11 Å². The van der Waals surface area contributed by atoms with Crippen molar-refractivity contribution in [3.05, 3.63) is 30.1 Å². The molecule has 1 aliphatic heterocycles. The first-order valence-electron chi connectivity index (χ1n) is 5.50. The molecule has 0 bridgehead atoms. The first-order chi connectivity index (χ1) is 7.74.